The van der Waals surface area contributed by atoms with Gasteiger partial charge < -0.3 is 9.47 Å². The van der Waals surface area contributed by atoms with Crippen LogP contribution in [0.5, 0.6) is 11.5 Å². The Balaban J connectivity index is 1.93. The minimum atomic E-state index is -0.307. The van der Waals surface area contributed by atoms with Crippen molar-refractivity contribution in [2.45, 2.75) is 20.8 Å². The van der Waals surface area contributed by atoms with Gasteiger partial charge in [0.05, 0.1) is 12.8 Å². The Morgan fingerprint density at radius 3 is 2.71 bits per heavy atom. The first-order valence-corrected chi connectivity index (χ1v) is 7.67. The lowest BCUT2D eigenvalue weighted by atomic mass is 10.1. The summed E-state index contributed by atoms with van der Waals surface area (Å²) in [5.74, 6) is 1.14. The van der Waals surface area contributed by atoms with Crippen LogP contribution < -0.4 is 14.9 Å². The summed E-state index contributed by atoms with van der Waals surface area (Å²) in [5, 5.41) is 4.10. The zero-order valence-corrected chi connectivity index (χ0v) is 14.4. The highest BCUT2D eigenvalue weighted by Crippen LogP contribution is 2.18. The molecule has 0 heterocycles. The Labute approximate surface area is 142 Å². The summed E-state index contributed by atoms with van der Waals surface area (Å²) in [6.45, 7) is 5.66. The number of hydrogen-bond donors (Lipinski definition) is 1. The van der Waals surface area contributed by atoms with E-state index in [1.807, 2.05) is 63.2 Å². The summed E-state index contributed by atoms with van der Waals surface area (Å²) in [7, 11) is 1.61. The molecule has 0 aromatic heterocycles. The molecular weight excluding hydrogens is 304 g/mol. The van der Waals surface area contributed by atoms with E-state index in [1.165, 1.54) is 0 Å². The number of amides is 1. The van der Waals surface area contributed by atoms with Gasteiger partial charge in [-0.3, -0.25) is 4.79 Å². The van der Waals surface area contributed by atoms with E-state index in [-0.39, 0.29) is 12.5 Å². The second-order valence-corrected chi connectivity index (χ2v) is 5.52. The average Bonchev–Trinajstić information content (AvgIpc) is 2.60. The number of nitrogens with zero attached hydrogens (tertiary/aromatic N) is 1. The molecule has 0 unspecified atom stereocenters. The van der Waals surface area contributed by atoms with Crippen molar-refractivity contribution >= 4 is 11.6 Å². The molecule has 2 aromatic rings. The fourth-order valence-electron chi connectivity index (χ4n) is 2.10. The Hall–Kier alpha value is -2.82. The number of hydrazone groups is 1. The maximum absolute atomic E-state index is 11.9. The second-order valence-electron chi connectivity index (χ2n) is 5.52. The standard InChI is InChI=1S/C19H22N2O3/c1-13-8-9-14(2)18(10-13)24-12-19(22)21-20-15(3)16-6-5-7-17(11-16)23-4/h5-11H,12H2,1-4H3,(H,21,22)/b20-15-. The Morgan fingerprint density at radius 1 is 1.17 bits per heavy atom. The van der Waals surface area contributed by atoms with E-state index in [1.54, 1.807) is 7.11 Å². The Kier molecular flexibility index (Phi) is 5.95. The maximum Gasteiger partial charge on any atom is 0.277 e. The molecule has 24 heavy (non-hydrogen) atoms. The molecule has 2 rings (SSSR count). The van der Waals surface area contributed by atoms with Gasteiger partial charge in [-0.2, -0.15) is 5.10 Å². The van der Waals surface area contributed by atoms with Crippen LogP contribution in [0.25, 0.3) is 0 Å². The predicted molar refractivity (Wildman–Crippen MR) is 94.8 cm³/mol. The minimum Gasteiger partial charge on any atom is -0.497 e. The SMILES string of the molecule is COc1cccc(/C(C)=N\NC(=O)COc2cc(C)ccc2C)c1. The number of methoxy groups -OCH3 is 1. The van der Waals surface area contributed by atoms with Gasteiger partial charge in [0.25, 0.3) is 5.91 Å². The summed E-state index contributed by atoms with van der Waals surface area (Å²) >= 11 is 0. The van der Waals surface area contributed by atoms with Crippen LogP contribution in [0, 0.1) is 13.8 Å². The third-order valence-electron chi connectivity index (χ3n) is 3.54. The van der Waals surface area contributed by atoms with Crippen molar-refractivity contribution in [1.82, 2.24) is 5.43 Å². The van der Waals surface area contributed by atoms with Gasteiger partial charge in [0.15, 0.2) is 6.61 Å². The molecule has 1 N–H and O–H groups in total. The van der Waals surface area contributed by atoms with E-state index in [0.29, 0.717) is 11.5 Å². The maximum atomic E-state index is 11.9. The quantitative estimate of drug-likeness (QED) is 0.655. The van der Waals surface area contributed by atoms with Crippen LogP contribution in [0.1, 0.15) is 23.6 Å². The zero-order valence-electron chi connectivity index (χ0n) is 14.4. The van der Waals surface area contributed by atoms with Crippen LogP contribution in [-0.4, -0.2) is 25.3 Å². The highest BCUT2D eigenvalue weighted by molar-refractivity contribution is 5.99. The van der Waals surface area contributed by atoms with Crippen molar-refractivity contribution in [1.29, 1.82) is 0 Å². The third kappa shape index (κ3) is 4.84. The van der Waals surface area contributed by atoms with Gasteiger partial charge in [-0.15, -0.1) is 0 Å². The Bertz CT molecular complexity index is 754. The molecule has 0 aliphatic carbocycles. The number of nitrogens with one attached hydrogen (secondary N) is 1. The highest BCUT2D eigenvalue weighted by atomic mass is 16.5. The third-order valence-corrected chi connectivity index (χ3v) is 3.54. The topological polar surface area (TPSA) is 59.9 Å². The summed E-state index contributed by atoms with van der Waals surface area (Å²) in [4.78, 5) is 11.9. The van der Waals surface area contributed by atoms with E-state index in [0.717, 1.165) is 22.4 Å². The van der Waals surface area contributed by atoms with Crippen LogP contribution in [0.2, 0.25) is 0 Å². The molecule has 1 amide bonds. The zero-order chi connectivity index (χ0) is 17.5. The smallest absolute Gasteiger partial charge is 0.277 e. The van der Waals surface area contributed by atoms with Gasteiger partial charge in [-0.25, -0.2) is 5.43 Å². The predicted octanol–water partition coefficient (Wildman–Crippen LogP) is 3.23. The van der Waals surface area contributed by atoms with Crippen LogP contribution in [0.15, 0.2) is 47.6 Å². The second kappa shape index (κ2) is 8.15. The van der Waals surface area contributed by atoms with E-state index in [9.17, 15) is 4.79 Å². The van der Waals surface area contributed by atoms with Gasteiger partial charge in [0.2, 0.25) is 0 Å². The van der Waals surface area contributed by atoms with Gasteiger partial charge in [0, 0.05) is 5.56 Å². The van der Waals surface area contributed by atoms with Gasteiger partial charge in [0.1, 0.15) is 11.5 Å². The average molecular weight is 326 g/mol. The van der Waals surface area contributed by atoms with E-state index < -0.39 is 0 Å². The van der Waals surface area contributed by atoms with Crippen LogP contribution >= 0.6 is 0 Å². The highest BCUT2D eigenvalue weighted by Gasteiger charge is 2.05. The normalized spacial score (nSPS) is 11.1. The fraction of sp³-hybridized carbons (Fsp3) is 0.263. The fourth-order valence-corrected chi connectivity index (χ4v) is 2.10. The molecule has 0 radical (unpaired) electrons. The molecule has 0 atom stereocenters. The van der Waals surface area contributed by atoms with Crippen LogP contribution in [0.3, 0.4) is 0 Å². The molecule has 126 valence electrons. The van der Waals surface area contributed by atoms with Crippen molar-refractivity contribution in [2.75, 3.05) is 13.7 Å². The molecule has 0 aliphatic heterocycles. The number of ether oxygens (including phenoxy) is 2. The van der Waals surface area contributed by atoms with Crippen LogP contribution in [-0.2, 0) is 4.79 Å². The summed E-state index contributed by atoms with van der Waals surface area (Å²) < 4.78 is 10.7. The summed E-state index contributed by atoms with van der Waals surface area (Å²) in [5.41, 5.74) is 6.15. The molecule has 0 saturated carbocycles. The first-order chi connectivity index (χ1) is 11.5. The van der Waals surface area contributed by atoms with E-state index in [4.69, 9.17) is 9.47 Å². The number of carbonyl (C=O) groups is 1. The summed E-state index contributed by atoms with van der Waals surface area (Å²) in [6.07, 6.45) is 0. The van der Waals surface area contributed by atoms with Crippen molar-refractivity contribution in [3.63, 3.8) is 0 Å². The van der Waals surface area contributed by atoms with E-state index >= 15 is 0 Å². The van der Waals surface area contributed by atoms with Crippen molar-refractivity contribution in [2.24, 2.45) is 5.10 Å². The number of benzene rings is 2. The number of hydrogen-bond acceptors (Lipinski definition) is 4. The van der Waals surface area contributed by atoms with Crippen molar-refractivity contribution in [3.05, 3.63) is 59.2 Å². The molecule has 0 aliphatic rings. The largest absolute Gasteiger partial charge is 0.497 e. The number of carbonyl (C=O) groups excluding carboxylic acids is 1. The molecule has 2 aromatic carbocycles. The first kappa shape index (κ1) is 17.5. The molecule has 0 fully saturated rings. The van der Waals surface area contributed by atoms with Gasteiger partial charge in [-0.1, -0.05) is 24.3 Å². The monoisotopic (exact) mass is 326 g/mol. The van der Waals surface area contributed by atoms with Gasteiger partial charge in [-0.05, 0) is 50.1 Å². The molecule has 5 heteroatoms. The number of aryl methyl sites for hydroxylation is 2. The van der Waals surface area contributed by atoms with E-state index in [2.05, 4.69) is 10.5 Å². The van der Waals surface area contributed by atoms with Crippen molar-refractivity contribution in [3.8, 4) is 11.5 Å². The van der Waals surface area contributed by atoms with Gasteiger partial charge >= 0.3 is 0 Å². The molecular formula is C19H22N2O3. The first-order valence-electron chi connectivity index (χ1n) is 7.67. The Morgan fingerprint density at radius 2 is 1.96 bits per heavy atom. The minimum absolute atomic E-state index is 0.0841. The lowest BCUT2D eigenvalue weighted by molar-refractivity contribution is -0.123. The summed E-state index contributed by atoms with van der Waals surface area (Å²) in [6, 6.07) is 13.4. The molecule has 5 nitrogen and oxygen atoms in total. The molecule has 0 saturated heterocycles. The number of rotatable bonds is 6. The molecule has 0 spiro atoms. The van der Waals surface area contributed by atoms with Crippen LogP contribution in [0.4, 0.5) is 0 Å². The lowest BCUT2D eigenvalue weighted by Crippen LogP contribution is -2.25. The lowest BCUT2D eigenvalue weighted by Gasteiger charge is -2.09. The molecule has 0 bridgehead atoms. The van der Waals surface area contributed by atoms with Crippen molar-refractivity contribution < 1.29 is 14.3 Å².